The molecule has 4 N–H and O–H groups in total. The number of hydrogen-bond acceptors (Lipinski definition) is 22. The molecule has 119 heavy (non-hydrogen) atoms. The Morgan fingerprint density at radius 2 is 0.613 bits per heavy atom. The molecule has 0 amide bonds. The van der Waals surface area contributed by atoms with Crippen LogP contribution in [0.15, 0.2) is 25.1 Å². The van der Waals surface area contributed by atoms with Crippen molar-refractivity contribution in [1.29, 1.82) is 0 Å². The molecular formula is C97H241N9O8S5. The first-order chi connectivity index (χ1) is 59.5. The number of hydrogen-bond donors (Lipinski definition) is 4. The lowest BCUT2D eigenvalue weighted by Gasteiger charge is -2.11. The Bertz CT molecular complexity index is 865. The van der Waals surface area contributed by atoms with E-state index in [1.807, 2.05) is 338 Å². The lowest BCUT2D eigenvalue weighted by molar-refractivity contribution is -0.0963. The van der Waals surface area contributed by atoms with Crippen molar-refractivity contribution < 1.29 is 38.0 Å². The Hall–Kier alpha value is -1.02. The average Bonchev–Trinajstić information content (AvgIpc) is 3.20. The van der Waals surface area contributed by atoms with Gasteiger partial charge in [0.2, 0.25) is 6.40 Å². The highest BCUT2D eigenvalue weighted by atomic mass is 32.2. The summed E-state index contributed by atoms with van der Waals surface area (Å²) in [5.74, 6) is 9.58. The molecule has 12 aliphatic rings. The van der Waals surface area contributed by atoms with E-state index < -0.39 is 0 Å². The van der Waals surface area contributed by atoms with Gasteiger partial charge in [-0.25, -0.2) is 0 Å². The van der Waals surface area contributed by atoms with Gasteiger partial charge in [-0.15, -0.1) is 11.8 Å². The van der Waals surface area contributed by atoms with Gasteiger partial charge in [0.25, 0.3) is 6.79 Å². The SMILES string of the molecule is C1=NCCCN1.C1=NCCCO1.C1=NCCCS1.C1=NCCOC1.C1=NOCO1.C1CCCCC1.C1CCNCC1.C1CNCCN1.C1COCCO1.C1COCOC1.C1CSCCS1.C1CSCSC1.CC.CC.CC.CC.CC.CC.CC.CC.CC.CC.CC.CC.CC.CC.CC.CC.CC.CC.CC.CC.CC.CC.CC.CC. The van der Waals surface area contributed by atoms with Crippen LogP contribution >= 0.6 is 58.8 Å². The first-order valence-electron chi connectivity index (χ1n) is 50.5. The molecule has 17 nitrogen and oxygen atoms in total. The van der Waals surface area contributed by atoms with Gasteiger partial charge in [0, 0.05) is 98.8 Å². The van der Waals surface area contributed by atoms with E-state index in [-0.39, 0.29) is 6.79 Å². The lowest BCUT2D eigenvalue weighted by atomic mass is 10.0. The van der Waals surface area contributed by atoms with Gasteiger partial charge in [-0.1, -0.05) is 382 Å². The molecule has 1 aliphatic carbocycles. The molecule has 11 aliphatic heterocycles. The number of oxime groups is 1. The van der Waals surface area contributed by atoms with Crippen molar-refractivity contribution in [1.82, 2.24) is 21.3 Å². The minimum absolute atomic E-state index is 0.278. The number of nitrogens with zero attached hydrogens (tertiary/aromatic N) is 5. The Morgan fingerprint density at radius 1 is 0.244 bits per heavy atom. The third-order valence-electron chi connectivity index (χ3n) is 9.83. The predicted molar refractivity (Wildman–Crippen MR) is 585 cm³/mol. The fraction of sp³-hybridized carbons (Fsp3) is 0.948. The summed E-state index contributed by atoms with van der Waals surface area (Å²) in [6.45, 7) is 116. The summed E-state index contributed by atoms with van der Waals surface area (Å²) in [6, 6.07) is 0. The summed E-state index contributed by atoms with van der Waals surface area (Å²) >= 11 is 10.1. The molecule has 7 fully saturated rings. The van der Waals surface area contributed by atoms with Crippen LogP contribution in [0.4, 0.5) is 0 Å². The molecule has 1 saturated carbocycles. The molecule has 22 heteroatoms. The largest absolute Gasteiger partial charge is 0.483 e. The quantitative estimate of drug-likeness (QED) is 0.179. The first kappa shape index (κ1) is 183. The van der Waals surface area contributed by atoms with Crippen molar-refractivity contribution in [2.75, 3.05) is 190 Å². The fourth-order valence-corrected chi connectivity index (χ4v) is 11.2. The Morgan fingerprint density at radius 3 is 0.714 bits per heavy atom. The lowest BCUT2D eigenvalue weighted by Crippen LogP contribution is -2.39. The number of nitrogens with one attached hydrogen (secondary N) is 4. The number of piperidine rings is 1. The van der Waals surface area contributed by atoms with Crippen molar-refractivity contribution in [3.8, 4) is 0 Å². The second-order valence-corrected chi connectivity index (χ2v) is 22.0. The van der Waals surface area contributed by atoms with Crippen LogP contribution < -0.4 is 21.3 Å². The molecule has 0 unspecified atom stereocenters. The van der Waals surface area contributed by atoms with E-state index in [1.54, 1.807) is 24.3 Å². The normalized spacial score (nSPS) is 14.6. The summed E-state index contributed by atoms with van der Waals surface area (Å²) in [4.78, 5) is 20.0. The van der Waals surface area contributed by atoms with Gasteiger partial charge >= 0.3 is 0 Å². The van der Waals surface area contributed by atoms with Crippen molar-refractivity contribution in [3.63, 3.8) is 0 Å². The molecule has 6 saturated heterocycles. The van der Waals surface area contributed by atoms with Crippen LogP contribution in [0.2, 0.25) is 0 Å². The molecule has 0 radical (unpaired) electrons. The summed E-state index contributed by atoms with van der Waals surface area (Å²) in [7, 11) is 0. The molecule has 752 valence electrons. The maximum absolute atomic E-state index is 4.94. The van der Waals surface area contributed by atoms with Crippen molar-refractivity contribution in [2.24, 2.45) is 25.1 Å². The summed E-state index contributed by atoms with van der Waals surface area (Å²) in [5.41, 5.74) is 1.93. The zero-order valence-corrected chi connectivity index (χ0v) is 95.6. The van der Waals surface area contributed by atoms with Crippen molar-refractivity contribution in [2.45, 2.75) is 422 Å². The van der Waals surface area contributed by atoms with Crippen LogP contribution in [0.3, 0.4) is 0 Å². The van der Waals surface area contributed by atoms with E-state index in [1.165, 1.54) is 148 Å². The van der Waals surface area contributed by atoms with Gasteiger partial charge in [-0.05, 0) is 63.1 Å². The van der Waals surface area contributed by atoms with E-state index in [0.29, 0.717) is 13.4 Å². The summed E-state index contributed by atoms with van der Waals surface area (Å²) < 4.78 is 33.7. The maximum atomic E-state index is 4.94. The third-order valence-corrected chi connectivity index (χ3v) is 15.6. The second-order valence-electron chi connectivity index (χ2n) is 16.1. The van der Waals surface area contributed by atoms with E-state index in [9.17, 15) is 0 Å². The highest BCUT2D eigenvalue weighted by molar-refractivity contribution is 8.16. The van der Waals surface area contributed by atoms with Gasteiger partial charge in [0.05, 0.1) is 77.9 Å². The molecule has 0 aromatic carbocycles. The molecular weight excluding hydrogens is 1580 g/mol. The fourth-order valence-electron chi connectivity index (χ4n) is 6.04. The van der Waals surface area contributed by atoms with Gasteiger partial charge < -0.3 is 59.3 Å². The highest BCUT2D eigenvalue weighted by Gasteiger charge is 1.99. The van der Waals surface area contributed by atoms with Crippen LogP contribution in [0.5, 0.6) is 0 Å². The minimum Gasteiger partial charge on any atom is -0.483 e. The van der Waals surface area contributed by atoms with Gasteiger partial charge in [-0.2, -0.15) is 47.0 Å². The standard InChI is InChI=1S/C6H12.C5H11N.C4H10N2.C4H8N2.2C4H7NO.C4H7NS.2C4H8O2.2C4H8S2.C2H3NO2.24C2H6/c2*1-2-4-6-5-3-1;1-2-6-4-3-5-1;1-2-5-4-6-3-1;1-3-6-4-2-5-1;2*1-2-5-4-6-3-1;1-2-6-4-3-5-1;1-2-5-4-6-3-1;1-2-6-4-3-5-1;1-2-5-4-6-3-1;1-3-5-2-4-1;24*1-2/h1-6H2;6H,1-5H2;5-6H,1-4H2;4H,1-3H2,(H,5,6);1H,2-4H2;2*4H,1-3H2;4*1-4H2;1H,2H2;24*1-2H3. The van der Waals surface area contributed by atoms with E-state index >= 15 is 0 Å². The predicted octanol–water partition coefficient (Wildman–Crippen LogP) is 32.2. The Labute approximate surface area is 781 Å². The average molecular weight is 1820 g/mol. The molecule has 0 bridgehead atoms. The number of piperazine rings is 1. The molecule has 0 atom stereocenters. The summed E-state index contributed by atoms with van der Waals surface area (Å²) in [5, 5.41) is 17.3. The smallest absolute Gasteiger partial charge is 0.257 e. The van der Waals surface area contributed by atoms with Crippen LogP contribution in [0.1, 0.15) is 422 Å². The topological polar surface area (TPSA) is 184 Å². The van der Waals surface area contributed by atoms with Crippen molar-refractivity contribution >= 4 is 89.7 Å². The molecule has 0 aromatic rings. The monoisotopic (exact) mass is 1820 g/mol. The van der Waals surface area contributed by atoms with Gasteiger partial charge in [0.1, 0.15) is 6.79 Å². The third kappa shape index (κ3) is 316. The van der Waals surface area contributed by atoms with Crippen LogP contribution in [-0.4, -0.2) is 221 Å². The van der Waals surface area contributed by atoms with E-state index in [2.05, 4.69) is 103 Å². The zero-order chi connectivity index (χ0) is 98.2. The van der Waals surface area contributed by atoms with E-state index in [0.717, 1.165) is 125 Å². The second kappa shape index (κ2) is 321. The maximum Gasteiger partial charge on any atom is 0.257 e. The molecule has 0 aromatic heterocycles. The number of ether oxygens (including phenoxy) is 7. The van der Waals surface area contributed by atoms with Crippen LogP contribution in [-0.2, 0) is 38.0 Å². The molecule has 12 rings (SSSR count). The minimum atomic E-state index is 0.278. The van der Waals surface area contributed by atoms with Gasteiger partial charge in [-0.3, -0.25) is 20.0 Å². The first-order valence-corrected chi connectivity index (χ1v) is 56.1. The summed E-state index contributed by atoms with van der Waals surface area (Å²) in [6.07, 6.45) is 25.6. The van der Waals surface area contributed by atoms with Crippen LogP contribution in [0, 0.1) is 0 Å². The molecule has 11 heterocycles. The van der Waals surface area contributed by atoms with Gasteiger partial charge in [0.15, 0.2) is 6.40 Å². The Balaban J connectivity index is -0.0000000360. The Kier molecular flexibility index (Phi) is 494. The zero-order valence-electron chi connectivity index (χ0n) is 91.5. The number of rotatable bonds is 0. The molecule has 0 spiro atoms. The number of thioether (sulfide) groups is 5. The van der Waals surface area contributed by atoms with Crippen LogP contribution in [0.25, 0.3) is 0 Å². The van der Waals surface area contributed by atoms with Crippen molar-refractivity contribution in [3.05, 3.63) is 0 Å². The van der Waals surface area contributed by atoms with E-state index in [4.69, 9.17) is 28.4 Å². The highest BCUT2D eigenvalue weighted by Crippen LogP contribution is 2.20. The number of aliphatic imine (C=N–C) groups is 4.